The number of aryl methyl sites for hydroxylation is 1. The van der Waals surface area contributed by atoms with Crippen molar-refractivity contribution in [2.45, 2.75) is 51.0 Å². The van der Waals surface area contributed by atoms with E-state index in [1.165, 1.54) is 24.8 Å². The molecule has 0 spiro atoms. The van der Waals surface area contributed by atoms with Gasteiger partial charge in [0.2, 0.25) is 0 Å². The zero-order valence-corrected chi connectivity index (χ0v) is 12.0. The molecule has 2 aliphatic rings. The molecule has 0 aliphatic heterocycles. The van der Waals surface area contributed by atoms with Crippen molar-refractivity contribution in [1.29, 1.82) is 0 Å². The lowest BCUT2D eigenvalue weighted by Gasteiger charge is -2.36. The first-order valence-corrected chi connectivity index (χ1v) is 7.85. The van der Waals surface area contributed by atoms with E-state index in [0.29, 0.717) is 6.04 Å². The van der Waals surface area contributed by atoms with Crippen LogP contribution in [0.3, 0.4) is 0 Å². The Kier molecular flexibility index (Phi) is 4.08. The maximum atomic E-state index is 13.2. The molecule has 0 saturated heterocycles. The van der Waals surface area contributed by atoms with Gasteiger partial charge in [-0.1, -0.05) is 25.3 Å². The Balaban J connectivity index is 1.65. The molecule has 20 heavy (non-hydrogen) atoms. The van der Waals surface area contributed by atoms with Gasteiger partial charge in [-0.2, -0.15) is 0 Å². The number of fused-ring (bicyclic) bond motifs is 1. The Labute approximate surface area is 120 Å². The molecule has 3 rings (SSSR count). The molecule has 2 nitrogen and oxygen atoms in total. The topological polar surface area (TPSA) is 32.3 Å². The number of hydrogen-bond donors (Lipinski definition) is 2. The maximum Gasteiger partial charge on any atom is 0.123 e. The van der Waals surface area contributed by atoms with Gasteiger partial charge in [0.15, 0.2) is 0 Å². The zero-order chi connectivity index (χ0) is 14.0. The average Bonchev–Trinajstić information content (AvgIpc) is 2.88. The van der Waals surface area contributed by atoms with Gasteiger partial charge in [-0.3, -0.25) is 0 Å². The predicted octanol–water partition coefficient (Wildman–Crippen LogP) is 3.35. The molecular weight excluding hydrogens is 253 g/mol. The van der Waals surface area contributed by atoms with Crippen LogP contribution in [0, 0.1) is 11.2 Å². The Bertz CT molecular complexity index is 468. The zero-order valence-electron chi connectivity index (χ0n) is 12.0. The quantitative estimate of drug-likeness (QED) is 0.884. The summed E-state index contributed by atoms with van der Waals surface area (Å²) in [6.07, 6.45) is 8.01. The first-order chi connectivity index (χ1) is 9.72. The molecule has 110 valence electrons. The summed E-state index contributed by atoms with van der Waals surface area (Å²) >= 11 is 0. The summed E-state index contributed by atoms with van der Waals surface area (Å²) in [6, 6.07) is 5.47. The van der Waals surface area contributed by atoms with Crippen LogP contribution in [0.15, 0.2) is 18.2 Å². The number of aliphatic hydroxyl groups is 1. The largest absolute Gasteiger partial charge is 0.396 e. The first-order valence-electron chi connectivity index (χ1n) is 7.85. The van der Waals surface area contributed by atoms with Gasteiger partial charge in [0.25, 0.3) is 0 Å². The number of hydrogen-bond acceptors (Lipinski definition) is 2. The van der Waals surface area contributed by atoms with E-state index in [2.05, 4.69) is 5.32 Å². The lowest BCUT2D eigenvalue weighted by Crippen LogP contribution is -2.40. The van der Waals surface area contributed by atoms with Crippen LogP contribution in [0.5, 0.6) is 0 Å². The van der Waals surface area contributed by atoms with Crippen molar-refractivity contribution >= 4 is 0 Å². The van der Waals surface area contributed by atoms with Crippen LogP contribution in [0.4, 0.5) is 4.39 Å². The summed E-state index contributed by atoms with van der Waals surface area (Å²) in [7, 11) is 0. The monoisotopic (exact) mass is 277 g/mol. The third kappa shape index (κ3) is 2.75. The van der Waals surface area contributed by atoms with E-state index >= 15 is 0 Å². The molecule has 0 aromatic heterocycles. The van der Waals surface area contributed by atoms with Gasteiger partial charge in [0, 0.05) is 24.6 Å². The lowest BCUT2D eigenvalue weighted by molar-refractivity contribution is 0.0783. The van der Waals surface area contributed by atoms with Crippen molar-refractivity contribution in [3.63, 3.8) is 0 Å². The molecular formula is C17H24FNO. The van der Waals surface area contributed by atoms with Gasteiger partial charge in [0.05, 0.1) is 0 Å². The summed E-state index contributed by atoms with van der Waals surface area (Å²) in [6.45, 7) is 1.16. The second kappa shape index (κ2) is 5.82. The average molecular weight is 277 g/mol. The SMILES string of the molecule is OCC1(CNC2CCc3cc(F)ccc32)CCCCC1. The molecule has 0 bridgehead atoms. The molecule has 0 amide bonds. The summed E-state index contributed by atoms with van der Waals surface area (Å²) in [5.74, 6) is -0.136. The lowest BCUT2D eigenvalue weighted by atomic mass is 9.74. The van der Waals surface area contributed by atoms with Gasteiger partial charge < -0.3 is 10.4 Å². The van der Waals surface area contributed by atoms with Crippen molar-refractivity contribution in [2.75, 3.05) is 13.2 Å². The Morgan fingerprint density at radius 1 is 1.25 bits per heavy atom. The van der Waals surface area contributed by atoms with E-state index in [-0.39, 0.29) is 17.8 Å². The van der Waals surface area contributed by atoms with E-state index in [9.17, 15) is 9.50 Å². The molecule has 1 aromatic rings. The predicted molar refractivity (Wildman–Crippen MR) is 78.1 cm³/mol. The van der Waals surface area contributed by atoms with Crippen LogP contribution >= 0.6 is 0 Å². The third-order valence-electron chi connectivity index (χ3n) is 5.16. The Morgan fingerprint density at radius 2 is 2.05 bits per heavy atom. The highest BCUT2D eigenvalue weighted by atomic mass is 19.1. The highest BCUT2D eigenvalue weighted by Gasteiger charge is 2.33. The number of aliphatic hydroxyl groups excluding tert-OH is 1. The van der Waals surface area contributed by atoms with Gasteiger partial charge in [-0.25, -0.2) is 4.39 Å². The maximum absolute atomic E-state index is 13.2. The fourth-order valence-electron chi connectivity index (χ4n) is 3.83. The first kappa shape index (κ1) is 14.0. The van der Waals surface area contributed by atoms with E-state index in [4.69, 9.17) is 0 Å². The van der Waals surface area contributed by atoms with Gasteiger partial charge in [-0.05, 0) is 48.9 Å². The van der Waals surface area contributed by atoms with Crippen molar-refractivity contribution in [3.8, 4) is 0 Å². The fraction of sp³-hybridized carbons (Fsp3) is 0.647. The molecule has 1 fully saturated rings. The van der Waals surface area contributed by atoms with Crippen molar-refractivity contribution in [2.24, 2.45) is 5.41 Å². The van der Waals surface area contributed by atoms with Crippen LogP contribution in [0.25, 0.3) is 0 Å². The van der Waals surface area contributed by atoms with E-state index in [1.54, 1.807) is 12.1 Å². The molecule has 2 N–H and O–H groups in total. The molecule has 3 heteroatoms. The second-order valence-electron chi connectivity index (χ2n) is 6.53. The minimum Gasteiger partial charge on any atom is -0.396 e. The van der Waals surface area contributed by atoms with Crippen LogP contribution in [-0.2, 0) is 6.42 Å². The van der Waals surface area contributed by atoms with E-state index < -0.39 is 0 Å². The minimum absolute atomic E-state index is 0.0705. The van der Waals surface area contributed by atoms with Crippen molar-refractivity contribution < 1.29 is 9.50 Å². The smallest absolute Gasteiger partial charge is 0.123 e. The number of rotatable bonds is 4. The Hall–Kier alpha value is -0.930. The van der Waals surface area contributed by atoms with E-state index in [0.717, 1.165) is 37.8 Å². The molecule has 1 saturated carbocycles. The normalized spacial score (nSPS) is 24.6. The van der Waals surface area contributed by atoms with Gasteiger partial charge in [0.1, 0.15) is 5.82 Å². The summed E-state index contributed by atoms with van der Waals surface area (Å²) in [5, 5.41) is 13.4. The highest BCUT2D eigenvalue weighted by Crippen LogP contribution is 2.37. The third-order valence-corrected chi connectivity index (χ3v) is 5.16. The van der Waals surface area contributed by atoms with Gasteiger partial charge in [-0.15, -0.1) is 0 Å². The summed E-state index contributed by atoms with van der Waals surface area (Å²) in [4.78, 5) is 0. The summed E-state index contributed by atoms with van der Waals surface area (Å²) < 4.78 is 13.2. The van der Waals surface area contributed by atoms with Crippen molar-refractivity contribution in [1.82, 2.24) is 5.32 Å². The number of nitrogens with one attached hydrogen (secondary N) is 1. The standard InChI is InChI=1S/C17H24FNO/c18-14-5-6-15-13(10-14)4-7-16(15)19-11-17(12-20)8-2-1-3-9-17/h5-6,10,16,19-20H,1-4,7-9,11-12H2. The molecule has 1 unspecified atom stereocenters. The number of halogens is 1. The second-order valence-corrected chi connectivity index (χ2v) is 6.53. The molecule has 1 atom stereocenters. The van der Waals surface area contributed by atoms with Gasteiger partial charge >= 0.3 is 0 Å². The van der Waals surface area contributed by atoms with Crippen LogP contribution < -0.4 is 5.32 Å². The molecule has 0 radical (unpaired) electrons. The minimum atomic E-state index is -0.136. The summed E-state index contributed by atoms with van der Waals surface area (Å²) in [5.41, 5.74) is 2.46. The van der Waals surface area contributed by atoms with Crippen molar-refractivity contribution in [3.05, 3.63) is 35.1 Å². The van der Waals surface area contributed by atoms with E-state index in [1.807, 2.05) is 6.07 Å². The van der Waals surface area contributed by atoms with Crippen LogP contribution in [0.2, 0.25) is 0 Å². The molecule has 2 aliphatic carbocycles. The fourth-order valence-corrected chi connectivity index (χ4v) is 3.83. The molecule has 1 aromatic carbocycles. The Morgan fingerprint density at radius 3 is 2.80 bits per heavy atom. The molecule has 0 heterocycles. The van der Waals surface area contributed by atoms with Crippen LogP contribution in [-0.4, -0.2) is 18.3 Å². The van der Waals surface area contributed by atoms with Crippen LogP contribution in [0.1, 0.15) is 55.7 Å². The highest BCUT2D eigenvalue weighted by molar-refractivity contribution is 5.34. The number of benzene rings is 1.